The number of carbonyl (C=O) groups excluding carboxylic acids is 1. The third-order valence-electron chi connectivity index (χ3n) is 2.92. The summed E-state index contributed by atoms with van der Waals surface area (Å²) in [5, 5.41) is 2.99. The Morgan fingerprint density at radius 2 is 1.88 bits per heavy atom. The third kappa shape index (κ3) is 10.8. The minimum Gasteiger partial charge on any atom is -0.444 e. The van der Waals surface area contributed by atoms with E-state index in [0.717, 1.165) is 5.69 Å². The molecule has 25 heavy (non-hydrogen) atoms. The van der Waals surface area contributed by atoms with Gasteiger partial charge in [-0.05, 0) is 32.9 Å². The second-order valence-electron chi connectivity index (χ2n) is 6.22. The molecule has 3 N–H and O–H groups in total. The van der Waals surface area contributed by atoms with E-state index in [2.05, 4.69) is 10.3 Å². The maximum absolute atomic E-state index is 12.2. The summed E-state index contributed by atoms with van der Waals surface area (Å²) in [7, 11) is 1.59. The van der Waals surface area contributed by atoms with Crippen LogP contribution in [0, 0.1) is 0 Å². The first-order valence-electron chi connectivity index (χ1n) is 7.90. The molecule has 0 aliphatic heterocycles. The van der Waals surface area contributed by atoms with Crippen LogP contribution in [0.5, 0.6) is 0 Å². The monoisotopic (exact) mass is 464 g/mol. The summed E-state index contributed by atoms with van der Waals surface area (Å²) in [5.41, 5.74) is 6.17. The van der Waals surface area contributed by atoms with Gasteiger partial charge in [0.1, 0.15) is 5.60 Å². The third-order valence-corrected chi connectivity index (χ3v) is 2.92. The van der Waals surface area contributed by atoms with Gasteiger partial charge in [0, 0.05) is 25.9 Å². The van der Waals surface area contributed by atoms with Gasteiger partial charge in [0.05, 0.1) is 13.2 Å². The smallest absolute Gasteiger partial charge is 0.410 e. The van der Waals surface area contributed by atoms with Crippen LogP contribution in [0.15, 0.2) is 35.3 Å². The van der Waals surface area contributed by atoms with Crippen LogP contribution in [0.4, 0.5) is 10.5 Å². The summed E-state index contributed by atoms with van der Waals surface area (Å²) >= 11 is 0. The first kappa shape index (κ1) is 23.4. The van der Waals surface area contributed by atoms with E-state index in [1.807, 2.05) is 51.1 Å². The highest BCUT2D eigenvalue weighted by atomic mass is 127. The van der Waals surface area contributed by atoms with Crippen LogP contribution in [0.2, 0.25) is 0 Å². The van der Waals surface area contributed by atoms with Gasteiger partial charge in [-0.3, -0.25) is 4.99 Å². The van der Waals surface area contributed by atoms with Crippen molar-refractivity contribution in [2.45, 2.75) is 26.4 Å². The highest BCUT2D eigenvalue weighted by Gasteiger charge is 2.21. The first-order valence-corrected chi connectivity index (χ1v) is 7.90. The zero-order valence-corrected chi connectivity index (χ0v) is 17.7. The van der Waals surface area contributed by atoms with Gasteiger partial charge in [-0.25, -0.2) is 4.79 Å². The Kier molecular flexibility index (Phi) is 11.2. The number of rotatable bonds is 7. The van der Waals surface area contributed by atoms with Gasteiger partial charge < -0.3 is 25.4 Å². The van der Waals surface area contributed by atoms with Crippen LogP contribution in [-0.2, 0) is 9.47 Å². The molecule has 0 unspecified atom stereocenters. The zero-order chi connectivity index (χ0) is 18.0. The molecule has 0 saturated carbocycles. The molecular formula is C17H29IN4O3. The fourth-order valence-electron chi connectivity index (χ4n) is 1.82. The molecule has 0 fully saturated rings. The van der Waals surface area contributed by atoms with E-state index in [9.17, 15) is 4.79 Å². The number of nitrogens with zero attached hydrogens (tertiary/aromatic N) is 2. The van der Waals surface area contributed by atoms with Crippen molar-refractivity contribution in [3.63, 3.8) is 0 Å². The Morgan fingerprint density at radius 1 is 1.24 bits per heavy atom. The van der Waals surface area contributed by atoms with E-state index >= 15 is 0 Å². The highest BCUT2D eigenvalue weighted by molar-refractivity contribution is 14.0. The van der Waals surface area contributed by atoms with Crippen molar-refractivity contribution in [2.24, 2.45) is 10.7 Å². The van der Waals surface area contributed by atoms with Crippen molar-refractivity contribution in [1.29, 1.82) is 0 Å². The largest absolute Gasteiger partial charge is 0.444 e. The number of guanidine groups is 1. The van der Waals surface area contributed by atoms with E-state index in [1.54, 1.807) is 12.0 Å². The van der Waals surface area contributed by atoms with Crippen molar-refractivity contribution in [1.82, 2.24) is 4.90 Å². The van der Waals surface area contributed by atoms with E-state index in [1.165, 1.54) is 0 Å². The quantitative estimate of drug-likeness (QED) is 0.368. The lowest BCUT2D eigenvalue weighted by Crippen LogP contribution is -2.40. The number of halogens is 1. The molecule has 0 atom stereocenters. The number of carbonyl (C=O) groups is 1. The minimum absolute atomic E-state index is 0. The topological polar surface area (TPSA) is 89.2 Å². The summed E-state index contributed by atoms with van der Waals surface area (Å²) < 4.78 is 10.4. The van der Waals surface area contributed by atoms with Crippen molar-refractivity contribution in [3.8, 4) is 0 Å². The molecule has 0 saturated heterocycles. The van der Waals surface area contributed by atoms with Crippen molar-refractivity contribution in [3.05, 3.63) is 30.3 Å². The lowest BCUT2D eigenvalue weighted by molar-refractivity contribution is 0.0208. The van der Waals surface area contributed by atoms with E-state index < -0.39 is 5.60 Å². The maximum Gasteiger partial charge on any atom is 0.410 e. The molecule has 0 bridgehead atoms. The number of nitrogens with two attached hydrogens (primary N) is 1. The van der Waals surface area contributed by atoms with Crippen LogP contribution < -0.4 is 11.1 Å². The molecule has 0 spiro atoms. The SMILES string of the molecule is COCCN(CCN=C(N)Nc1ccccc1)C(=O)OC(C)(C)C.I. The number of hydrogen-bond acceptors (Lipinski definition) is 4. The second-order valence-corrected chi connectivity index (χ2v) is 6.22. The molecule has 1 aromatic carbocycles. The molecule has 1 rings (SSSR count). The summed E-state index contributed by atoms with van der Waals surface area (Å²) in [4.78, 5) is 18.0. The summed E-state index contributed by atoms with van der Waals surface area (Å²) in [6.07, 6.45) is -0.385. The summed E-state index contributed by atoms with van der Waals surface area (Å²) in [6, 6.07) is 9.53. The summed E-state index contributed by atoms with van der Waals surface area (Å²) in [6.45, 7) is 7.13. The molecule has 142 valence electrons. The molecule has 0 aliphatic carbocycles. The van der Waals surface area contributed by atoms with Gasteiger partial charge in [-0.2, -0.15) is 0 Å². The molecule has 1 aromatic rings. The molecule has 1 amide bonds. The van der Waals surface area contributed by atoms with Crippen molar-refractivity contribution < 1.29 is 14.3 Å². The van der Waals surface area contributed by atoms with Gasteiger partial charge in [0.25, 0.3) is 0 Å². The molecule has 7 nitrogen and oxygen atoms in total. The van der Waals surface area contributed by atoms with Gasteiger partial charge in [-0.15, -0.1) is 24.0 Å². The predicted molar refractivity (Wildman–Crippen MR) is 112 cm³/mol. The molecule has 0 radical (unpaired) electrons. The first-order chi connectivity index (χ1) is 11.3. The summed E-state index contributed by atoms with van der Waals surface area (Å²) in [5.74, 6) is 0.303. The molecule has 0 aliphatic rings. The van der Waals surface area contributed by atoms with Gasteiger partial charge in [0.15, 0.2) is 5.96 Å². The van der Waals surface area contributed by atoms with E-state index in [0.29, 0.717) is 32.2 Å². The normalized spacial score (nSPS) is 11.4. The number of nitrogens with one attached hydrogen (secondary N) is 1. The van der Waals surface area contributed by atoms with Crippen molar-refractivity contribution in [2.75, 3.05) is 38.7 Å². The van der Waals surface area contributed by atoms with Gasteiger partial charge in [-0.1, -0.05) is 18.2 Å². The number of methoxy groups -OCH3 is 1. The molecular weight excluding hydrogens is 435 g/mol. The molecule has 0 heterocycles. The fourth-order valence-corrected chi connectivity index (χ4v) is 1.82. The van der Waals surface area contributed by atoms with E-state index in [-0.39, 0.29) is 30.1 Å². The zero-order valence-electron chi connectivity index (χ0n) is 15.3. The number of anilines is 1. The van der Waals surface area contributed by atoms with Crippen LogP contribution in [0.25, 0.3) is 0 Å². The highest BCUT2D eigenvalue weighted by Crippen LogP contribution is 2.10. The Morgan fingerprint density at radius 3 is 2.44 bits per heavy atom. The number of benzene rings is 1. The second kappa shape index (κ2) is 11.9. The van der Waals surface area contributed by atoms with Crippen LogP contribution >= 0.6 is 24.0 Å². The Bertz CT molecular complexity index is 532. The molecule has 8 heteroatoms. The minimum atomic E-state index is -0.542. The number of aliphatic imine (C=N–C) groups is 1. The number of amides is 1. The fraction of sp³-hybridized carbons (Fsp3) is 0.529. The maximum atomic E-state index is 12.2. The number of ether oxygens (including phenoxy) is 2. The van der Waals surface area contributed by atoms with Crippen LogP contribution in [0.3, 0.4) is 0 Å². The lowest BCUT2D eigenvalue weighted by Gasteiger charge is -2.26. The van der Waals surface area contributed by atoms with Crippen LogP contribution in [0.1, 0.15) is 20.8 Å². The lowest BCUT2D eigenvalue weighted by atomic mass is 10.2. The van der Waals surface area contributed by atoms with Gasteiger partial charge >= 0.3 is 6.09 Å². The molecule has 0 aromatic heterocycles. The Balaban J connectivity index is 0.00000576. The average molecular weight is 464 g/mol. The standard InChI is InChI=1S/C17H28N4O3.HI/c1-17(2,3)24-16(22)21(12-13-23-4)11-10-19-15(18)20-14-8-6-5-7-9-14;/h5-9H,10-13H2,1-4H3,(H3,18,19,20);1H. The number of para-hydroxylation sites is 1. The number of hydrogen-bond donors (Lipinski definition) is 2. The predicted octanol–water partition coefficient (Wildman–Crippen LogP) is 2.91. The van der Waals surface area contributed by atoms with Crippen molar-refractivity contribution >= 4 is 41.7 Å². The van der Waals surface area contributed by atoms with Gasteiger partial charge in [0.2, 0.25) is 0 Å². The average Bonchev–Trinajstić information content (AvgIpc) is 2.49. The van der Waals surface area contributed by atoms with E-state index in [4.69, 9.17) is 15.2 Å². The van der Waals surface area contributed by atoms with Crippen LogP contribution in [-0.4, -0.2) is 55.9 Å². The Labute approximate surface area is 167 Å². The Hall–Kier alpha value is -1.55.